The smallest absolute Gasteiger partial charge is 0.326 e. The lowest BCUT2D eigenvalue weighted by Crippen LogP contribution is -2.46. The summed E-state index contributed by atoms with van der Waals surface area (Å²) in [6.45, 7) is 1.47. The number of carbonyl (C=O) groups excluding carboxylic acids is 1. The summed E-state index contributed by atoms with van der Waals surface area (Å²) in [6, 6.07) is 7.58. The van der Waals surface area contributed by atoms with Gasteiger partial charge in [-0.3, -0.25) is 4.79 Å². The highest BCUT2D eigenvalue weighted by molar-refractivity contribution is 5.87. The number of amides is 1. The van der Waals surface area contributed by atoms with Crippen LogP contribution >= 0.6 is 0 Å². The minimum absolute atomic E-state index is 0.0584. The number of nitrogens with zero attached hydrogens (tertiary/aromatic N) is 1. The summed E-state index contributed by atoms with van der Waals surface area (Å²) >= 11 is 0. The Labute approximate surface area is 111 Å². The van der Waals surface area contributed by atoms with Gasteiger partial charge in [0.05, 0.1) is 0 Å². The highest BCUT2D eigenvalue weighted by Gasteiger charge is 2.40. The summed E-state index contributed by atoms with van der Waals surface area (Å²) in [6.07, 6.45) is 0.291. The molecular formula is C14H17NO4. The van der Waals surface area contributed by atoms with E-state index in [1.165, 1.54) is 11.8 Å². The predicted octanol–water partition coefficient (Wildman–Crippen LogP) is 1.18. The van der Waals surface area contributed by atoms with E-state index in [0.717, 1.165) is 12.8 Å². The molecule has 1 saturated carbocycles. The summed E-state index contributed by atoms with van der Waals surface area (Å²) in [4.78, 5) is 24.6. The molecule has 5 nitrogen and oxygen atoms in total. The van der Waals surface area contributed by atoms with Crippen molar-refractivity contribution in [3.8, 4) is 0 Å². The number of benzene rings is 1. The zero-order chi connectivity index (χ0) is 14.0. The van der Waals surface area contributed by atoms with Gasteiger partial charge >= 0.3 is 5.97 Å². The van der Waals surface area contributed by atoms with Crippen LogP contribution in [0.2, 0.25) is 0 Å². The van der Waals surface area contributed by atoms with Crippen LogP contribution in [-0.4, -0.2) is 39.1 Å². The lowest BCUT2D eigenvalue weighted by Gasteiger charge is -2.28. The van der Waals surface area contributed by atoms with Crippen LogP contribution in [0.25, 0.3) is 0 Å². The van der Waals surface area contributed by atoms with Crippen molar-refractivity contribution in [2.75, 3.05) is 0 Å². The largest absolute Gasteiger partial charge is 0.480 e. The van der Waals surface area contributed by atoms with Crippen LogP contribution in [0.1, 0.15) is 31.4 Å². The molecule has 0 spiro atoms. The van der Waals surface area contributed by atoms with Crippen LogP contribution in [0.5, 0.6) is 0 Å². The molecule has 0 aromatic heterocycles. The van der Waals surface area contributed by atoms with E-state index in [4.69, 9.17) is 5.11 Å². The number of carbonyl (C=O) groups is 2. The zero-order valence-corrected chi connectivity index (χ0v) is 10.7. The van der Waals surface area contributed by atoms with Crippen molar-refractivity contribution < 1.29 is 19.8 Å². The normalized spacial score (nSPS) is 17.6. The number of hydrogen-bond acceptors (Lipinski definition) is 3. The molecular weight excluding hydrogens is 246 g/mol. The second-order valence-electron chi connectivity index (χ2n) is 4.80. The van der Waals surface area contributed by atoms with E-state index in [1.807, 2.05) is 0 Å². The van der Waals surface area contributed by atoms with Crippen molar-refractivity contribution in [1.29, 1.82) is 0 Å². The van der Waals surface area contributed by atoms with E-state index in [9.17, 15) is 14.7 Å². The molecule has 0 aliphatic heterocycles. The maximum atomic E-state index is 12.3. The second-order valence-corrected chi connectivity index (χ2v) is 4.80. The average molecular weight is 263 g/mol. The fourth-order valence-corrected chi connectivity index (χ4v) is 2.08. The van der Waals surface area contributed by atoms with Crippen LogP contribution in [0.3, 0.4) is 0 Å². The van der Waals surface area contributed by atoms with Crippen LogP contribution in [-0.2, 0) is 9.59 Å². The molecule has 0 bridgehead atoms. The third kappa shape index (κ3) is 2.93. The van der Waals surface area contributed by atoms with Crippen molar-refractivity contribution in [2.24, 2.45) is 0 Å². The van der Waals surface area contributed by atoms with Gasteiger partial charge in [-0.2, -0.15) is 0 Å². The lowest BCUT2D eigenvalue weighted by molar-refractivity contribution is -0.154. The monoisotopic (exact) mass is 263 g/mol. The Morgan fingerprint density at radius 1 is 1.26 bits per heavy atom. The first-order valence-electron chi connectivity index (χ1n) is 6.30. The quantitative estimate of drug-likeness (QED) is 0.836. The van der Waals surface area contributed by atoms with Gasteiger partial charge in [-0.05, 0) is 25.3 Å². The summed E-state index contributed by atoms with van der Waals surface area (Å²) in [5.74, 6) is -1.59. The molecule has 19 heavy (non-hydrogen) atoms. The van der Waals surface area contributed by atoms with Crippen molar-refractivity contribution in [2.45, 2.75) is 38.0 Å². The van der Waals surface area contributed by atoms with Gasteiger partial charge in [-0.1, -0.05) is 30.3 Å². The van der Waals surface area contributed by atoms with Gasteiger partial charge < -0.3 is 15.1 Å². The molecule has 5 heteroatoms. The maximum absolute atomic E-state index is 12.3. The third-order valence-electron chi connectivity index (χ3n) is 3.32. The molecule has 1 aromatic rings. The van der Waals surface area contributed by atoms with Gasteiger partial charge in [0.2, 0.25) is 0 Å². The molecule has 0 saturated heterocycles. The van der Waals surface area contributed by atoms with E-state index in [-0.39, 0.29) is 6.04 Å². The summed E-state index contributed by atoms with van der Waals surface area (Å²) in [5, 5.41) is 19.1. The standard InChI is InChI=1S/C14H17NO4/c1-9(14(18)19)15(11-7-8-11)13(17)12(16)10-5-3-2-4-6-10/h2-6,9,11-12,16H,7-8H2,1H3,(H,18,19). The highest BCUT2D eigenvalue weighted by atomic mass is 16.4. The Morgan fingerprint density at radius 3 is 2.32 bits per heavy atom. The molecule has 1 aliphatic carbocycles. The first-order valence-corrected chi connectivity index (χ1v) is 6.30. The molecule has 0 radical (unpaired) electrons. The highest BCUT2D eigenvalue weighted by Crippen LogP contribution is 2.31. The molecule has 2 N–H and O–H groups in total. The Morgan fingerprint density at radius 2 is 1.84 bits per heavy atom. The number of aliphatic carboxylic acids is 1. The van der Waals surface area contributed by atoms with E-state index < -0.39 is 24.0 Å². The second kappa shape index (κ2) is 5.40. The molecule has 0 heterocycles. The molecule has 1 aromatic carbocycles. The van der Waals surface area contributed by atoms with Crippen LogP contribution in [0.15, 0.2) is 30.3 Å². The summed E-state index contributed by atoms with van der Waals surface area (Å²) in [5.41, 5.74) is 0.482. The van der Waals surface area contributed by atoms with Crippen molar-refractivity contribution in [3.05, 3.63) is 35.9 Å². The van der Waals surface area contributed by atoms with Gasteiger partial charge in [0.25, 0.3) is 5.91 Å². The zero-order valence-electron chi connectivity index (χ0n) is 10.7. The number of hydrogen-bond donors (Lipinski definition) is 2. The molecule has 1 amide bonds. The summed E-state index contributed by atoms with van der Waals surface area (Å²) in [7, 11) is 0. The van der Waals surface area contributed by atoms with Crippen molar-refractivity contribution >= 4 is 11.9 Å². The van der Waals surface area contributed by atoms with Crippen LogP contribution < -0.4 is 0 Å². The number of aliphatic hydroxyl groups excluding tert-OH is 1. The van der Waals surface area contributed by atoms with E-state index in [2.05, 4.69) is 0 Å². The molecule has 1 aliphatic rings. The first kappa shape index (κ1) is 13.5. The molecule has 1 fully saturated rings. The SMILES string of the molecule is CC(C(=O)O)N(C(=O)C(O)c1ccccc1)C1CC1. The van der Waals surface area contributed by atoms with E-state index in [1.54, 1.807) is 30.3 Å². The van der Waals surface area contributed by atoms with Crippen LogP contribution in [0, 0.1) is 0 Å². The average Bonchev–Trinajstić information content (AvgIpc) is 3.23. The number of carboxylic acid groups (broad SMARTS) is 1. The molecule has 2 rings (SSSR count). The number of aliphatic hydroxyl groups is 1. The number of rotatable bonds is 5. The van der Waals surface area contributed by atoms with Gasteiger partial charge in [-0.25, -0.2) is 4.79 Å². The number of carboxylic acids is 1. The fourth-order valence-electron chi connectivity index (χ4n) is 2.08. The predicted molar refractivity (Wildman–Crippen MR) is 68.4 cm³/mol. The molecule has 2 atom stereocenters. The Balaban J connectivity index is 2.18. The Hall–Kier alpha value is -1.88. The van der Waals surface area contributed by atoms with Crippen molar-refractivity contribution in [1.82, 2.24) is 4.90 Å². The Bertz CT molecular complexity index is 470. The minimum Gasteiger partial charge on any atom is -0.480 e. The molecule has 102 valence electrons. The van der Waals surface area contributed by atoms with Gasteiger partial charge in [0, 0.05) is 6.04 Å². The molecule has 2 unspecified atom stereocenters. The van der Waals surface area contributed by atoms with Crippen molar-refractivity contribution in [3.63, 3.8) is 0 Å². The van der Waals surface area contributed by atoms with Gasteiger partial charge in [0.1, 0.15) is 6.04 Å². The summed E-state index contributed by atoms with van der Waals surface area (Å²) < 4.78 is 0. The van der Waals surface area contributed by atoms with E-state index >= 15 is 0 Å². The lowest BCUT2D eigenvalue weighted by atomic mass is 10.1. The van der Waals surface area contributed by atoms with E-state index in [0.29, 0.717) is 5.56 Å². The van der Waals surface area contributed by atoms with Crippen LogP contribution in [0.4, 0.5) is 0 Å². The maximum Gasteiger partial charge on any atom is 0.326 e. The fraction of sp³-hybridized carbons (Fsp3) is 0.429. The first-order chi connectivity index (χ1) is 9.02. The van der Waals surface area contributed by atoms with Gasteiger partial charge in [-0.15, -0.1) is 0 Å². The third-order valence-corrected chi connectivity index (χ3v) is 3.32. The Kier molecular flexibility index (Phi) is 3.85. The van der Waals surface area contributed by atoms with Gasteiger partial charge in [0.15, 0.2) is 6.10 Å². The minimum atomic E-state index is -1.30. The topological polar surface area (TPSA) is 77.8 Å².